The molecule has 0 aliphatic rings. The monoisotopic (exact) mass is 319 g/mol. The maximum absolute atomic E-state index is 13.8. The van der Waals surface area contributed by atoms with E-state index < -0.39 is 24.3 Å². The van der Waals surface area contributed by atoms with Gasteiger partial charge >= 0.3 is 6.18 Å². The Bertz CT molecular complexity index is 623. The molecule has 122 valence electrons. The molecule has 1 N–H and O–H groups in total. The van der Waals surface area contributed by atoms with E-state index in [1.807, 2.05) is 13.8 Å². The summed E-state index contributed by atoms with van der Waals surface area (Å²) < 4.78 is 52.9. The van der Waals surface area contributed by atoms with Crippen molar-refractivity contribution >= 4 is 0 Å². The quantitative estimate of drug-likeness (QED) is 0.879. The Labute approximate surface area is 125 Å². The predicted molar refractivity (Wildman–Crippen MR) is 73.4 cm³/mol. The van der Waals surface area contributed by atoms with Crippen molar-refractivity contribution < 1.29 is 22.7 Å². The lowest BCUT2D eigenvalue weighted by Crippen LogP contribution is -2.05. The maximum atomic E-state index is 13.8. The van der Waals surface area contributed by atoms with Gasteiger partial charge in [-0.1, -0.05) is 13.8 Å². The zero-order valence-corrected chi connectivity index (χ0v) is 12.4. The number of aliphatic hydroxyl groups excluding tert-OH is 1. The molecule has 0 amide bonds. The Morgan fingerprint density at radius 1 is 1.27 bits per heavy atom. The van der Waals surface area contributed by atoms with Crippen molar-refractivity contribution in [3.8, 4) is 11.5 Å². The fourth-order valence-electron chi connectivity index (χ4n) is 1.71. The number of nitrogens with zero attached hydrogens (tertiary/aromatic N) is 3. The Morgan fingerprint density at radius 2 is 1.91 bits per heavy atom. The summed E-state index contributed by atoms with van der Waals surface area (Å²) in [5.74, 6) is -1.02. The Morgan fingerprint density at radius 3 is 2.36 bits per heavy atom. The van der Waals surface area contributed by atoms with Gasteiger partial charge in [-0.3, -0.25) is 0 Å². The number of hydrogen-bond donors (Lipinski definition) is 1. The maximum Gasteiger partial charge on any atom is 0.434 e. The van der Waals surface area contributed by atoms with Crippen LogP contribution in [0.25, 0.3) is 11.5 Å². The van der Waals surface area contributed by atoms with E-state index in [2.05, 4.69) is 9.97 Å². The van der Waals surface area contributed by atoms with Crippen LogP contribution >= 0.6 is 0 Å². The van der Waals surface area contributed by atoms with Crippen molar-refractivity contribution in [2.75, 3.05) is 0 Å². The van der Waals surface area contributed by atoms with Gasteiger partial charge in [0.1, 0.15) is 5.69 Å². The Kier molecular flexibility index (Phi) is 6.04. The zero-order chi connectivity index (χ0) is 16.9. The smallest absolute Gasteiger partial charge is 0.392 e. The topological polar surface area (TPSA) is 50.9 Å². The van der Waals surface area contributed by atoms with Gasteiger partial charge in [0.25, 0.3) is 0 Å². The lowest BCUT2D eigenvalue weighted by molar-refractivity contribution is -0.140. The molecule has 2 rings (SSSR count). The number of halogens is 4. The number of aromatic nitrogens is 3. The summed E-state index contributed by atoms with van der Waals surface area (Å²) in [4.78, 5) is 7.15. The van der Waals surface area contributed by atoms with E-state index in [0.29, 0.717) is 0 Å². The van der Waals surface area contributed by atoms with Gasteiger partial charge < -0.3 is 9.67 Å². The van der Waals surface area contributed by atoms with E-state index in [0.717, 1.165) is 12.3 Å². The van der Waals surface area contributed by atoms with Crippen LogP contribution in [0.15, 0.2) is 18.5 Å². The largest absolute Gasteiger partial charge is 0.434 e. The molecule has 2 heterocycles. The third-order valence-electron chi connectivity index (χ3n) is 2.70. The molecule has 0 atom stereocenters. The number of imidazole rings is 1. The van der Waals surface area contributed by atoms with Crippen molar-refractivity contribution in [2.45, 2.75) is 40.1 Å². The molecule has 0 saturated heterocycles. The predicted octanol–water partition coefficient (Wildman–Crippen LogP) is 3.64. The lowest BCUT2D eigenvalue weighted by atomic mass is 10.2. The zero-order valence-electron chi connectivity index (χ0n) is 12.4. The highest BCUT2D eigenvalue weighted by Crippen LogP contribution is 2.31. The van der Waals surface area contributed by atoms with Crippen molar-refractivity contribution in [1.82, 2.24) is 14.5 Å². The lowest BCUT2D eigenvalue weighted by Gasteiger charge is -2.05. The molecular formula is C14H17F4N3O. The molecule has 0 aliphatic carbocycles. The van der Waals surface area contributed by atoms with Gasteiger partial charge in [-0.2, -0.15) is 13.2 Å². The van der Waals surface area contributed by atoms with Crippen LogP contribution in [0.5, 0.6) is 0 Å². The summed E-state index contributed by atoms with van der Waals surface area (Å²) in [6, 6.07) is 1.02. The molecule has 0 aromatic carbocycles. The number of pyridine rings is 1. The SMILES string of the molecule is CC.CCn1cc(C(F)(F)F)nc1-c1ncc(CO)cc1F. The fraction of sp³-hybridized carbons (Fsp3) is 0.429. The standard InChI is InChI=1S/C12H11F4N3O.C2H6/c1-2-19-5-9(12(14,15)16)18-11(19)10-8(13)3-7(6-20)4-17-10;1-2/h3-5,20H,2,6H2,1H3;1-2H3. The molecule has 0 saturated carbocycles. The molecule has 0 bridgehead atoms. The summed E-state index contributed by atoms with van der Waals surface area (Å²) in [6.07, 6.45) is -2.59. The molecular weight excluding hydrogens is 302 g/mol. The minimum Gasteiger partial charge on any atom is -0.392 e. The first-order chi connectivity index (χ1) is 10.4. The molecule has 0 radical (unpaired) electrons. The van der Waals surface area contributed by atoms with Crippen molar-refractivity contribution in [3.63, 3.8) is 0 Å². The van der Waals surface area contributed by atoms with Gasteiger partial charge in [-0.25, -0.2) is 14.4 Å². The fourth-order valence-corrected chi connectivity index (χ4v) is 1.71. The molecule has 0 aliphatic heterocycles. The van der Waals surface area contributed by atoms with Crippen LogP contribution in [-0.4, -0.2) is 19.6 Å². The molecule has 8 heteroatoms. The van der Waals surface area contributed by atoms with Gasteiger partial charge in [-0.05, 0) is 18.6 Å². The van der Waals surface area contributed by atoms with Crippen molar-refractivity contribution in [2.24, 2.45) is 0 Å². The van der Waals surface area contributed by atoms with Crippen molar-refractivity contribution in [3.05, 3.63) is 35.5 Å². The van der Waals surface area contributed by atoms with Gasteiger partial charge in [0.15, 0.2) is 17.3 Å². The second-order valence-corrected chi connectivity index (χ2v) is 4.07. The summed E-state index contributed by atoms with van der Waals surface area (Å²) in [7, 11) is 0. The van der Waals surface area contributed by atoms with Crippen molar-refractivity contribution in [1.29, 1.82) is 0 Å². The first-order valence-electron chi connectivity index (χ1n) is 6.76. The average molecular weight is 319 g/mol. The minimum absolute atomic E-state index is 0.193. The van der Waals surface area contributed by atoms with Crippen LogP contribution in [-0.2, 0) is 19.3 Å². The molecule has 0 fully saturated rings. The second kappa shape index (κ2) is 7.35. The number of aliphatic hydroxyl groups is 1. The molecule has 0 unspecified atom stereocenters. The van der Waals surface area contributed by atoms with E-state index >= 15 is 0 Å². The van der Waals surface area contributed by atoms with Gasteiger partial charge in [-0.15, -0.1) is 0 Å². The summed E-state index contributed by atoms with van der Waals surface area (Å²) in [5.41, 5.74) is -1.14. The van der Waals surface area contributed by atoms with E-state index in [9.17, 15) is 17.6 Å². The Balaban J connectivity index is 0.00000116. The highest BCUT2D eigenvalue weighted by Gasteiger charge is 2.35. The van der Waals surface area contributed by atoms with Crippen LogP contribution in [0.4, 0.5) is 17.6 Å². The van der Waals surface area contributed by atoms with Crippen LogP contribution in [0, 0.1) is 5.82 Å². The summed E-state index contributed by atoms with van der Waals surface area (Å²) >= 11 is 0. The van der Waals surface area contributed by atoms with Crippen LogP contribution in [0.2, 0.25) is 0 Å². The van der Waals surface area contributed by atoms with E-state index in [1.54, 1.807) is 6.92 Å². The number of rotatable bonds is 3. The molecule has 2 aromatic rings. The first kappa shape index (κ1) is 18.1. The van der Waals surface area contributed by atoms with E-state index in [1.165, 1.54) is 10.8 Å². The second-order valence-electron chi connectivity index (χ2n) is 4.07. The van der Waals surface area contributed by atoms with Gasteiger partial charge in [0, 0.05) is 18.9 Å². The summed E-state index contributed by atoms with van der Waals surface area (Å²) in [5, 5.41) is 8.86. The third kappa shape index (κ3) is 3.82. The first-order valence-corrected chi connectivity index (χ1v) is 6.76. The average Bonchev–Trinajstić information content (AvgIpc) is 2.93. The molecule has 4 nitrogen and oxygen atoms in total. The molecule has 2 aromatic heterocycles. The number of alkyl halides is 3. The van der Waals surface area contributed by atoms with Crippen LogP contribution in [0.3, 0.4) is 0 Å². The van der Waals surface area contributed by atoms with E-state index in [-0.39, 0.29) is 23.6 Å². The van der Waals surface area contributed by atoms with Crippen LogP contribution in [0.1, 0.15) is 32.0 Å². The normalized spacial score (nSPS) is 11.1. The highest BCUT2D eigenvalue weighted by atomic mass is 19.4. The molecule has 22 heavy (non-hydrogen) atoms. The molecule has 0 spiro atoms. The number of hydrogen-bond acceptors (Lipinski definition) is 3. The minimum atomic E-state index is -4.60. The van der Waals surface area contributed by atoms with Gasteiger partial charge in [0.2, 0.25) is 0 Å². The summed E-state index contributed by atoms with van der Waals surface area (Å²) in [6.45, 7) is 5.41. The third-order valence-corrected chi connectivity index (χ3v) is 2.70. The highest BCUT2D eigenvalue weighted by molar-refractivity contribution is 5.52. The Hall–Kier alpha value is -1.96. The number of aryl methyl sites for hydroxylation is 1. The van der Waals surface area contributed by atoms with Gasteiger partial charge in [0.05, 0.1) is 6.61 Å². The van der Waals surface area contributed by atoms with Crippen LogP contribution < -0.4 is 0 Å². The van der Waals surface area contributed by atoms with E-state index in [4.69, 9.17) is 5.11 Å².